The number of aromatic nitrogens is 3. The number of halogens is 4. The molecule has 4 rings (SSSR count). The van der Waals surface area contributed by atoms with Gasteiger partial charge in [-0.3, -0.25) is 0 Å². The lowest BCUT2D eigenvalue weighted by molar-refractivity contribution is -0.139. The van der Waals surface area contributed by atoms with Crippen molar-refractivity contribution in [1.82, 2.24) is 24.3 Å². The molecule has 0 spiro atoms. The Balaban J connectivity index is 1.91. The first kappa shape index (κ1) is 21.1. The molecule has 0 aliphatic carbocycles. The molecule has 6 nitrogen and oxygen atoms in total. The summed E-state index contributed by atoms with van der Waals surface area (Å²) in [4.78, 5) is 15.3. The molecule has 0 N–H and O–H groups in total. The average molecular weight is 441 g/mol. The van der Waals surface area contributed by atoms with Crippen LogP contribution in [0.5, 0.6) is 0 Å². The van der Waals surface area contributed by atoms with Gasteiger partial charge in [-0.15, -0.1) is 0 Å². The monoisotopic (exact) mass is 440 g/mol. The molecule has 1 saturated heterocycles. The fraction of sp³-hybridized carbons (Fsp3) is 0.500. The molecule has 0 saturated carbocycles. The molecule has 3 aromatic rings. The van der Waals surface area contributed by atoms with Gasteiger partial charge in [0.2, 0.25) is 5.95 Å². The van der Waals surface area contributed by atoms with Gasteiger partial charge in [-0.05, 0) is 38.8 Å². The summed E-state index contributed by atoms with van der Waals surface area (Å²) in [5, 5.41) is 0.705. The summed E-state index contributed by atoms with van der Waals surface area (Å²) in [7, 11) is 5.94. The third-order valence-corrected chi connectivity index (χ3v) is 5.59. The average Bonchev–Trinajstić information content (AvgIpc) is 2.94. The van der Waals surface area contributed by atoms with Gasteiger partial charge in [0.15, 0.2) is 5.15 Å². The van der Waals surface area contributed by atoms with Gasteiger partial charge in [-0.2, -0.15) is 18.2 Å². The maximum absolute atomic E-state index is 13.3. The largest absolute Gasteiger partial charge is 0.406 e. The third kappa shape index (κ3) is 4.19. The molecule has 0 atom stereocenters. The Morgan fingerprint density at radius 2 is 1.80 bits per heavy atom. The van der Waals surface area contributed by atoms with Gasteiger partial charge < -0.3 is 19.3 Å². The van der Waals surface area contributed by atoms with Crippen LogP contribution in [0.15, 0.2) is 18.2 Å². The maximum Gasteiger partial charge on any atom is 0.406 e. The van der Waals surface area contributed by atoms with E-state index in [-0.39, 0.29) is 10.7 Å². The van der Waals surface area contributed by atoms with Crippen LogP contribution in [-0.4, -0.2) is 77.8 Å². The molecule has 0 amide bonds. The van der Waals surface area contributed by atoms with Crippen LogP contribution in [0, 0.1) is 0 Å². The molecule has 162 valence electrons. The summed E-state index contributed by atoms with van der Waals surface area (Å²) >= 11 is 6.46. The highest BCUT2D eigenvalue weighted by atomic mass is 35.5. The first-order valence-electron chi connectivity index (χ1n) is 9.76. The second kappa shape index (κ2) is 7.86. The summed E-state index contributed by atoms with van der Waals surface area (Å²) < 4.78 is 41.2. The molecule has 3 heterocycles. The van der Waals surface area contributed by atoms with Crippen LogP contribution < -0.4 is 4.90 Å². The summed E-state index contributed by atoms with van der Waals surface area (Å²) in [5.74, 6) is 0.463. The minimum Gasteiger partial charge on any atom is -0.338 e. The van der Waals surface area contributed by atoms with E-state index >= 15 is 0 Å². The zero-order valence-electron chi connectivity index (χ0n) is 17.2. The van der Waals surface area contributed by atoms with E-state index in [1.807, 2.05) is 43.1 Å². The molecule has 0 bridgehead atoms. The van der Waals surface area contributed by atoms with Crippen LogP contribution in [0.1, 0.15) is 5.56 Å². The van der Waals surface area contributed by atoms with E-state index in [9.17, 15) is 13.2 Å². The number of alkyl halides is 3. The number of likely N-dealkylation sites (N-methyl/N-ethyl adjacent to an activating group) is 1. The van der Waals surface area contributed by atoms with Gasteiger partial charge in [0.1, 0.15) is 17.6 Å². The normalized spacial score (nSPS) is 16.3. The number of nitrogens with zero attached hydrogens (tertiary/aromatic N) is 6. The van der Waals surface area contributed by atoms with Gasteiger partial charge in [0.25, 0.3) is 0 Å². The first-order valence-corrected chi connectivity index (χ1v) is 10.1. The first-order chi connectivity index (χ1) is 14.1. The molecule has 0 radical (unpaired) electrons. The van der Waals surface area contributed by atoms with E-state index in [4.69, 9.17) is 16.6 Å². The fourth-order valence-electron chi connectivity index (χ4n) is 3.93. The zero-order valence-corrected chi connectivity index (χ0v) is 17.9. The van der Waals surface area contributed by atoms with Crippen molar-refractivity contribution in [3.8, 4) is 0 Å². The van der Waals surface area contributed by atoms with Crippen molar-refractivity contribution in [2.45, 2.75) is 19.3 Å². The number of hydrogen-bond acceptors (Lipinski definition) is 5. The van der Waals surface area contributed by atoms with Gasteiger partial charge in [-0.25, -0.2) is 4.98 Å². The Hall–Kier alpha value is -2.10. The highest BCUT2D eigenvalue weighted by Gasteiger charge is 2.31. The fourth-order valence-corrected chi connectivity index (χ4v) is 4.19. The van der Waals surface area contributed by atoms with Crippen LogP contribution in [0.4, 0.5) is 19.1 Å². The third-order valence-electron chi connectivity index (χ3n) is 5.33. The molecule has 10 heteroatoms. The van der Waals surface area contributed by atoms with Crippen LogP contribution in [0.25, 0.3) is 21.9 Å². The van der Waals surface area contributed by atoms with Gasteiger partial charge in [0, 0.05) is 38.1 Å². The Bertz CT molecular complexity index is 1070. The highest BCUT2D eigenvalue weighted by Crippen LogP contribution is 2.35. The van der Waals surface area contributed by atoms with Crippen molar-refractivity contribution in [3.63, 3.8) is 0 Å². The topological polar surface area (TPSA) is 40.4 Å². The van der Waals surface area contributed by atoms with Crippen LogP contribution >= 0.6 is 11.6 Å². The van der Waals surface area contributed by atoms with E-state index in [2.05, 4.69) is 9.88 Å². The Kier molecular flexibility index (Phi) is 5.54. The molecule has 30 heavy (non-hydrogen) atoms. The minimum atomic E-state index is -4.39. The molecule has 1 fully saturated rings. The predicted molar refractivity (Wildman–Crippen MR) is 113 cm³/mol. The minimum absolute atomic E-state index is 0.0449. The van der Waals surface area contributed by atoms with Crippen molar-refractivity contribution >= 4 is 39.5 Å². The number of fused-ring (bicyclic) bond motifs is 3. The number of piperazine rings is 1. The summed E-state index contributed by atoms with van der Waals surface area (Å²) in [6.45, 7) is 2.74. The second-order valence-corrected chi connectivity index (χ2v) is 8.45. The van der Waals surface area contributed by atoms with Gasteiger partial charge in [0.05, 0.1) is 5.52 Å². The number of rotatable bonds is 4. The standard InChI is InChI=1S/C20H24ClF3N6/c1-27(2)11-13-4-5-15-14(10-13)16-17(30(15)12-20(22,23)24)18(21)26-19(25-16)29-8-6-28(3)7-9-29/h4-5,10H,6-9,11-12H2,1-3H3. The molecule has 0 unspecified atom stereocenters. The summed E-state index contributed by atoms with van der Waals surface area (Å²) in [6, 6.07) is 5.46. The molecule has 1 aliphatic heterocycles. The smallest absolute Gasteiger partial charge is 0.338 e. The van der Waals surface area contributed by atoms with Crippen LogP contribution in [0.2, 0.25) is 5.15 Å². The van der Waals surface area contributed by atoms with E-state index in [1.54, 1.807) is 6.07 Å². The van der Waals surface area contributed by atoms with Crippen LogP contribution in [-0.2, 0) is 13.1 Å². The number of anilines is 1. The summed E-state index contributed by atoms with van der Waals surface area (Å²) in [6.07, 6.45) is -4.39. The lowest BCUT2D eigenvalue weighted by atomic mass is 10.1. The molecule has 1 aliphatic rings. The van der Waals surface area contributed by atoms with E-state index in [1.165, 1.54) is 4.57 Å². The van der Waals surface area contributed by atoms with E-state index < -0.39 is 12.7 Å². The SMILES string of the molecule is CN(C)Cc1ccc2c(c1)c1nc(N3CCN(C)CC3)nc(Cl)c1n2CC(F)(F)F. The quantitative estimate of drug-likeness (QED) is 0.580. The highest BCUT2D eigenvalue weighted by molar-refractivity contribution is 6.35. The van der Waals surface area contributed by atoms with Crippen molar-refractivity contribution in [2.24, 2.45) is 0 Å². The van der Waals surface area contributed by atoms with E-state index in [0.29, 0.717) is 28.9 Å². The predicted octanol–water partition coefficient (Wildman–Crippen LogP) is 3.61. The lowest BCUT2D eigenvalue weighted by Gasteiger charge is -2.32. The van der Waals surface area contributed by atoms with Crippen molar-refractivity contribution in [3.05, 3.63) is 28.9 Å². The molecular formula is C20H24ClF3N6. The number of hydrogen-bond donors (Lipinski definition) is 0. The summed E-state index contributed by atoms with van der Waals surface area (Å²) in [5.41, 5.74) is 2.14. The Morgan fingerprint density at radius 3 is 2.43 bits per heavy atom. The van der Waals surface area contributed by atoms with Crippen molar-refractivity contribution in [1.29, 1.82) is 0 Å². The zero-order chi connectivity index (χ0) is 21.6. The van der Waals surface area contributed by atoms with Gasteiger partial charge in [-0.1, -0.05) is 17.7 Å². The van der Waals surface area contributed by atoms with E-state index in [0.717, 1.165) is 31.7 Å². The van der Waals surface area contributed by atoms with Crippen molar-refractivity contribution < 1.29 is 13.2 Å². The number of benzene rings is 1. The van der Waals surface area contributed by atoms with Crippen molar-refractivity contribution in [2.75, 3.05) is 52.2 Å². The Morgan fingerprint density at radius 1 is 1.10 bits per heavy atom. The van der Waals surface area contributed by atoms with Gasteiger partial charge >= 0.3 is 6.18 Å². The molecular weight excluding hydrogens is 417 g/mol. The molecule has 1 aromatic carbocycles. The second-order valence-electron chi connectivity index (χ2n) is 8.09. The van der Waals surface area contributed by atoms with Crippen LogP contribution in [0.3, 0.4) is 0 Å². The Labute approximate surface area is 177 Å². The lowest BCUT2D eigenvalue weighted by Crippen LogP contribution is -2.45. The molecule has 2 aromatic heterocycles. The maximum atomic E-state index is 13.3.